The molecular formula is C12H11Cl2N3OS. The maximum Gasteiger partial charge on any atom is 0.252 e. The Labute approximate surface area is 124 Å². The molecule has 1 amide bonds. The summed E-state index contributed by atoms with van der Waals surface area (Å²) in [6, 6.07) is 6.49. The van der Waals surface area contributed by atoms with Crippen LogP contribution in [0.4, 0.5) is 5.82 Å². The van der Waals surface area contributed by atoms with Gasteiger partial charge in [-0.3, -0.25) is 4.79 Å². The number of pyridine rings is 1. The molecule has 0 aliphatic heterocycles. The van der Waals surface area contributed by atoms with Crippen LogP contribution in [0.3, 0.4) is 0 Å². The van der Waals surface area contributed by atoms with Crippen molar-refractivity contribution in [1.82, 2.24) is 10.3 Å². The number of nitrogens with zero attached hydrogens (tertiary/aromatic N) is 1. The highest BCUT2D eigenvalue weighted by atomic mass is 35.5. The molecule has 4 nitrogen and oxygen atoms in total. The lowest BCUT2D eigenvalue weighted by molar-refractivity contribution is 0.0940. The Morgan fingerprint density at radius 3 is 2.74 bits per heavy atom. The number of hydrogen-bond donors (Lipinski definition) is 2. The molecular weight excluding hydrogens is 305 g/mol. The zero-order chi connectivity index (χ0) is 14.0. The van der Waals surface area contributed by atoms with Gasteiger partial charge < -0.3 is 11.1 Å². The van der Waals surface area contributed by atoms with Crippen LogP contribution in [-0.4, -0.2) is 10.9 Å². The monoisotopic (exact) mass is 315 g/mol. The number of carbonyl (C=O) groups is 1. The molecule has 7 heteroatoms. The Morgan fingerprint density at radius 1 is 1.42 bits per heavy atom. The summed E-state index contributed by atoms with van der Waals surface area (Å²) in [5, 5.41) is 3.04. The van der Waals surface area contributed by atoms with Crippen molar-refractivity contribution in [3.05, 3.63) is 44.2 Å². The lowest BCUT2D eigenvalue weighted by Crippen LogP contribution is -2.26. The largest absolute Gasteiger partial charge is 0.384 e. The molecule has 0 radical (unpaired) electrons. The van der Waals surface area contributed by atoms with Crippen molar-refractivity contribution in [3.63, 3.8) is 0 Å². The molecule has 2 rings (SSSR count). The molecule has 0 fully saturated rings. The molecule has 0 aliphatic carbocycles. The highest BCUT2D eigenvalue weighted by Crippen LogP contribution is 2.26. The highest BCUT2D eigenvalue weighted by Gasteiger charge is 2.14. The first kappa shape index (κ1) is 14.1. The van der Waals surface area contributed by atoms with Crippen LogP contribution in [0.25, 0.3) is 0 Å². The van der Waals surface area contributed by atoms with E-state index in [4.69, 9.17) is 28.9 Å². The van der Waals surface area contributed by atoms with Crippen LogP contribution in [0.1, 0.15) is 28.2 Å². The average Bonchev–Trinajstić information content (AvgIpc) is 2.74. The molecule has 1 atom stereocenters. The van der Waals surface area contributed by atoms with E-state index < -0.39 is 0 Å². The molecule has 0 saturated carbocycles. The number of carbonyl (C=O) groups excluding carboxylic acids is 1. The minimum absolute atomic E-state index is 0.141. The van der Waals surface area contributed by atoms with E-state index in [0.29, 0.717) is 9.90 Å². The first-order chi connectivity index (χ1) is 8.95. The van der Waals surface area contributed by atoms with Gasteiger partial charge in [-0.1, -0.05) is 23.2 Å². The number of halogens is 2. The van der Waals surface area contributed by atoms with E-state index >= 15 is 0 Å². The molecule has 2 aromatic heterocycles. The van der Waals surface area contributed by atoms with Gasteiger partial charge in [0.2, 0.25) is 0 Å². The molecule has 0 aromatic carbocycles. The predicted octanol–water partition coefficient (Wildman–Crippen LogP) is 3.52. The Kier molecular flexibility index (Phi) is 4.29. The molecule has 100 valence electrons. The Bertz CT molecular complexity index is 595. The fraction of sp³-hybridized carbons (Fsp3) is 0.167. The number of nitrogens with one attached hydrogen (secondary N) is 1. The van der Waals surface area contributed by atoms with Crippen LogP contribution in [0.15, 0.2) is 24.3 Å². The van der Waals surface area contributed by atoms with Gasteiger partial charge in [-0.25, -0.2) is 4.98 Å². The van der Waals surface area contributed by atoms with E-state index in [-0.39, 0.29) is 22.9 Å². The van der Waals surface area contributed by atoms with E-state index in [1.54, 1.807) is 6.07 Å². The summed E-state index contributed by atoms with van der Waals surface area (Å²) in [4.78, 5) is 16.8. The zero-order valence-electron chi connectivity index (χ0n) is 9.98. The van der Waals surface area contributed by atoms with Gasteiger partial charge in [-0.05, 0) is 31.2 Å². The number of rotatable bonds is 3. The van der Waals surface area contributed by atoms with Crippen LogP contribution in [0.2, 0.25) is 9.49 Å². The number of amides is 1. The molecule has 0 saturated heterocycles. The second-order valence-corrected chi connectivity index (χ2v) is 6.07. The van der Waals surface area contributed by atoms with Crippen molar-refractivity contribution < 1.29 is 4.79 Å². The van der Waals surface area contributed by atoms with Crippen LogP contribution in [0, 0.1) is 0 Å². The molecule has 0 aliphatic rings. The van der Waals surface area contributed by atoms with Crippen LogP contribution in [0.5, 0.6) is 0 Å². The van der Waals surface area contributed by atoms with Crippen LogP contribution < -0.4 is 11.1 Å². The molecule has 1 unspecified atom stereocenters. The van der Waals surface area contributed by atoms with E-state index in [2.05, 4.69) is 10.3 Å². The van der Waals surface area contributed by atoms with Gasteiger partial charge in [-0.2, -0.15) is 0 Å². The fourth-order valence-corrected chi connectivity index (χ4v) is 2.84. The van der Waals surface area contributed by atoms with Crippen LogP contribution in [-0.2, 0) is 0 Å². The minimum atomic E-state index is -0.256. The first-order valence-electron chi connectivity index (χ1n) is 5.45. The summed E-state index contributed by atoms with van der Waals surface area (Å²) in [5.74, 6) is -0.0440. The third-order valence-electron chi connectivity index (χ3n) is 2.44. The van der Waals surface area contributed by atoms with E-state index in [0.717, 1.165) is 4.88 Å². The molecule has 3 N–H and O–H groups in total. The van der Waals surface area contributed by atoms with Crippen molar-refractivity contribution in [2.24, 2.45) is 0 Å². The standard InChI is InChI=1S/C12H11Cl2N3OS/c1-6(8-2-3-10(14)19-8)16-12(18)7-4-9(13)17-11(15)5-7/h2-6H,1H3,(H2,15,17)(H,16,18). The Morgan fingerprint density at radius 2 is 2.16 bits per heavy atom. The van der Waals surface area contributed by atoms with Gasteiger partial charge in [0, 0.05) is 10.4 Å². The van der Waals surface area contributed by atoms with E-state index in [9.17, 15) is 4.79 Å². The van der Waals surface area contributed by atoms with Crippen molar-refractivity contribution in [2.45, 2.75) is 13.0 Å². The van der Waals surface area contributed by atoms with Crippen molar-refractivity contribution in [2.75, 3.05) is 5.73 Å². The number of thiophene rings is 1. The van der Waals surface area contributed by atoms with Gasteiger partial charge >= 0.3 is 0 Å². The SMILES string of the molecule is CC(NC(=O)c1cc(N)nc(Cl)c1)c1ccc(Cl)s1. The van der Waals surface area contributed by atoms with Crippen molar-refractivity contribution in [3.8, 4) is 0 Å². The quantitative estimate of drug-likeness (QED) is 0.851. The van der Waals surface area contributed by atoms with Crippen molar-refractivity contribution >= 4 is 46.3 Å². The van der Waals surface area contributed by atoms with Gasteiger partial charge in [0.15, 0.2) is 0 Å². The minimum Gasteiger partial charge on any atom is -0.384 e. The molecule has 0 bridgehead atoms. The summed E-state index contributed by atoms with van der Waals surface area (Å²) in [5.41, 5.74) is 5.93. The summed E-state index contributed by atoms with van der Waals surface area (Å²) >= 11 is 13.1. The normalized spacial score (nSPS) is 12.2. The number of anilines is 1. The highest BCUT2D eigenvalue weighted by molar-refractivity contribution is 7.16. The van der Waals surface area contributed by atoms with Crippen LogP contribution >= 0.6 is 34.5 Å². The lowest BCUT2D eigenvalue weighted by Gasteiger charge is -2.12. The summed E-state index contributed by atoms with van der Waals surface area (Å²) in [6.07, 6.45) is 0. The second kappa shape index (κ2) is 5.77. The smallest absolute Gasteiger partial charge is 0.252 e. The molecule has 2 heterocycles. The summed E-state index contributed by atoms with van der Waals surface area (Å²) in [7, 11) is 0. The zero-order valence-corrected chi connectivity index (χ0v) is 12.3. The number of hydrogen-bond acceptors (Lipinski definition) is 4. The third kappa shape index (κ3) is 3.59. The summed E-state index contributed by atoms with van der Waals surface area (Å²) < 4.78 is 0.687. The fourth-order valence-electron chi connectivity index (χ4n) is 1.56. The average molecular weight is 316 g/mol. The van der Waals surface area contributed by atoms with Gasteiger partial charge in [0.05, 0.1) is 10.4 Å². The maximum absolute atomic E-state index is 12.1. The molecule has 0 spiro atoms. The topological polar surface area (TPSA) is 68.0 Å². The van der Waals surface area contributed by atoms with Gasteiger partial charge in [0.1, 0.15) is 11.0 Å². The van der Waals surface area contributed by atoms with Gasteiger partial charge in [-0.15, -0.1) is 11.3 Å². The Balaban J connectivity index is 2.12. The van der Waals surface area contributed by atoms with E-state index in [1.165, 1.54) is 23.5 Å². The molecule has 2 aromatic rings. The van der Waals surface area contributed by atoms with E-state index in [1.807, 2.05) is 13.0 Å². The first-order valence-corrected chi connectivity index (χ1v) is 7.02. The number of nitrogen functional groups attached to an aromatic ring is 1. The third-order valence-corrected chi connectivity index (χ3v) is 4.05. The number of nitrogens with two attached hydrogens (primary N) is 1. The lowest BCUT2D eigenvalue weighted by atomic mass is 10.2. The maximum atomic E-state index is 12.1. The number of aromatic nitrogens is 1. The molecule has 19 heavy (non-hydrogen) atoms. The summed E-state index contributed by atoms with van der Waals surface area (Å²) in [6.45, 7) is 1.88. The predicted molar refractivity (Wildman–Crippen MR) is 78.9 cm³/mol. The van der Waals surface area contributed by atoms with Crippen molar-refractivity contribution in [1.29, 1.82) is 0 Å². The van der Waals surface area contributed by atoms with Gasteiger partial charge in [0.25, 0.3) is 5.91 Å². The Hall–Kier alpha value is -1.30. The second-order valence-electron chi connectivity index (χ2n) is 3.94.